The normalized spacial score (nSPS) is 11.8. The molecule has 0 spiro atoms. The molecule has 1 unspecified atom stereocenters. The molecule has 0 radical (unpaired) electrons. The third-order valence-electron chi connectivity index (χ3n) is 5.27. The second kappa shape index (κ2) is 10.2. The Labute approximate surface area is 206 Å². The molecule has 34 heavy (non-hydrogen) atoms. The number of aromatic nitrogens is 2. The van der Waals surface area contributed by atoms with Crippen molar-refractivity contribution in [3.8, 4) is 5.75 Å². The Kier molecular flexibility index (Phi) is 7.05. The van der Waals surface area contributed by atoms with E-state index in [9.17, 15) is 9.59 Å². The van der Waals surface area contributed by atoms with Crippen LogP contribution in [-0.4, -0.2) is 27.7 Å². The van der Waals surface area contributed by atoms with E-state index in [1.807, 2.05) is 54.6 Å². The minimum atomic E-state index is -0.846. The van der Waals surface area contributed by atoms with Gasteiger partial charge >= 0.3 is 0 Å². The molecule has 2 N–H and O–H groups in total. The molecule has 0 saturated carbocycles. The van der Waals surface area contributed by atoms with Gasteiger partial charge in [0.1, 0.15) is 16.5 Å². The van der Waals surface area contributed by atoms with Gasteiger partial charge in [0.15, 0.2) is 6.10 Å². The number of rotatable bonds is 6. The minimum absolute atomic E-state index is 0.143. The van der Waals surface area contributed by atoms with Crippen molar-refractivity contribution in [2.24, 2.45) is 0 Å². The molecule has 9 heteroatoms. The van der Waals surface area contributed by atoms with Crippen molar-refractivity contribution in [3.63, 3.8) is 0 Å². The van der Waals surface area contributed by atoms with Gasteiger partial charge in [-0.2, -0.15) is 5.10 Å². The number of nitrogens with one attached hydrogen (secondary N) is 2. The number of hydrogen-bond donors (Lipinski definition) is 2. The molecule has 7 nitrogen and oxygen atoms in total. The zero-order valence-corrected chi connectivity index (χ0v) is 20.0. The first-order chi connectivity index (χ1) is 16.3. The first-order valence-electron chi connectivity index (χ1n) is 10.6. The fraction of sp³-hybridized carbons (Fsp3) is 0.160. The Morgan fingerprint density at radius 1 is 1.00 bits per heavy atom. The summed E-state index contributed by atoms with van der Waals surface area (Å²) in [5, 5.41) is 7.13. The molecule has 4 rings (SSSR count). The van der Waals surface area contributed by atoms with Crippen molar-refractivity contribution in [3.05, 3.63) is 93.7 Å². The van der Waals surface area contributed by atoms with Crippen LogP contribution in [0.4, 0.5) is 0 Å². The molecular weight excluding hydrogens is 475 g/mol. The third-order valence-corrected chi connectivity index (χ3v) is 6.03. The smallest absolute Gasteiger partial charge is 0.279 e. The Morgan fingerprint density at radius 3 is 2.47 bits per heavy atom. The molecular formula is C25H22Cl2N4O3. The summed E-state index contributed by atoms with van der Waals surface area (Å²) in [6.45, 7) is 3.56. The summed E-state index contributed by atoms with van der Waals surface area (Å²) in [4.78, 5) is 25.2. The monoisotopic (exact) mass is 496 g/mol. The number of hydrazine groups is 1. The quantitative estimate of drug-likeness (QED) is 0.370. The highest BCUT2D eigenvalue weighted by molar-refractivity contribution is 6.33. The van der Waals surface area contributed by atoms with E-state index in [1.54, 1.807) is 26.0 Å². The zero-order chi connectivity index (χ0) is 24.2. The largest absolute Gasteiger partial charge is 0.481 e. The van der Waals surface area contributed by atoms with Gasteiger partial charge in [-0.15, -0.1) is 0 Å². The SMILES string of the molecule is Cc1nn(Cc2ccccc2Cl)c(Cl)c1C(=O)NNC(=O)C(C)Oc1ccc2ccccc2c1. The second-order valence-corrected chi connectivity index (χ2v) is 8.48. The number of hydrogen-bond acceptors (Lipinski definition) is 4. The van der Waals surface area contributed by atoms with Gasteiger partial charge < -0.3 is 4.74 Å². The summed E-state index contributed by atoms with van der Waals surface area (Å²) in [5.41, 5.74) is 6.16. The molecule has 0 aliphatic carbocycles. The van der Waals surface area contributed by atoms with Crippen molar-refractivity contribution >= 4 is 45.8 Å². The van der Waals surface area contributed by atoms with Crippen LogP contribution in [0.15, 0.2) is 66.7 Å². The lowest BCUT2D eigenvalue weighted by atomic mass is 10.1. The molecule has 0 fully saturated rings. The van der Waals surface area contributed by atoms with Crippen molar-refractivity contribution in [1.82, 2.24) is 20.6 Å². The van der Waals surface area contributed by atoms with E-state index >= 15 is 0 Å². The summed E-state index contributed by atoms with van der Waals surface area (Å²) < 4.78 is 7.22. The van der Waals surface area contributed by atoms with E-state index in [0.717, 1.165) is 16.3 Å². The third kappa shape index (κ3) is 5.16. The summed E-state index contributed by atoms with van der Waals surface area (Å²) in [6.07, 6.45) is -0.846. The standard InChI is InChI=1S/C25H22Cl2N4O3/c1-15-22(23(27)31(30-15)14-19-9-5-6-10-21(19)26)25(33)29-28-24(32)16(2)34-20-12-11-17-7-3-4-8-18(17)13-20/h3-13,16H,14H2,1-2H3,(H,28,32)(H,29,33). The van der Waals surface area contributed by atoms with Crippen LogP contribution in [0.25, 0.3) is 10.8 Å². The predicted octanol–water partition coefficient (Wildman–Crippen LogP) is 4.93. The minimum Gasteiger partial charge on any atom is -0.481 e. The van der Waals surface area contributed by atoms with Crippen LogP contribution in [0.2, 0.25) is 10.2 Å². The van der Waals surface area contributed by atoms with Crippen molar-refractivity contribution < 1.29 is 14.3 Å². The fourth-order valence-electron chi connectivity index (χ4n) is 3.48. The second-order valence-electron chi connectivity index (χ2n) is 7.71. The van der Waals surface area contributed by atoms with Crippen molar-refractivity contribution in [2.75, 3.05) is 0 Å². The highest BCUT2D eigenvalue weighted by Gasteiger charge is 2.22. The number of nitrogens with zero attached hydrogens (tertiary/aromatic N) is 2. The predicted molar refractivity (Wildman–Crippen MR) is 132 cm³/mol. The molecule has 0 bridgehead atoms. The Bertz CT molecular complexity index is 1370. The van der Waals surface area contributed by atoms with Gasteiger partial charge in [-0.1, -0.05) is 71.7 Å². The summed E-state index contributed by atoms with van der Waals surface area (Å²) in [7, 11) is 0. The molecule has 0 saturated heterocycles. The van der Waals surface area contributed by atoms with Gasteiger partial charge in [0.25, 0.3) is 11.8 Å². The van der Waals surface area contributed by atoms with Crippen LogP contribution in [-0.2, 0) is 11.3 Å². The fourth-order valence-corrected chi connectivity index (χ4v) is 4.00. The number of benzene rings is 3. The lowest BCUT2D eigenvalue weighted by Gasteiger charge is -2.15. The van der Waals surface area contributed by atoms with E-state index in [4.69, 9.17) is 27.9 Å². The topological polar surface area (TPSA) is 85.3 Å². The first-order valence-corrected chi connectivity index (χ1v) is 11.3. The average molecular weight is 497 g/mol. The summed E-state index contributed by atoms with van der Waals surface area (Å²) in [5.74, 6) is -0.551. The molecule has 4 aromatic rings. The van der Waals surface area contributed by atoms with Gasteiger partial charge in [-0.05, 0) is 48.4 Å². The van der Waals surface area contributed by atoms with E-state index in [0.29, 0.717) is 23.0 Å². The molecule has 174 valence electrons. The van der Waals surface area contributed by atoms with Crippen LogP contribution >= 0.6 is 23.2 Å². The Morgan fingerprint density at radius 2 is 1.71 bits per heavy atom. The molecule has 1 aromatic heterocycles. The molecule has 3 aromatic carbocycles. The number of fused-ring (bicyclic) bond motifs is 1. The van der Waals surface area contributed by atoms with Crippen LogP contribution in [0.5, 0.6) is 5.75 Å². The van der Waals surface area contributed by atoms with Gasteiger partial charge in [0.05, 0.1) is 12.2 Å². The van der Waals surface area contributed by atoms with Gasteiger partial charge in [-0.3, -0.25) is 20.4 Å². The summed E-state index contributed by atoms with van der Waals surface area (Å²) in [6, 6.07) is 20.7. The average Bonchev–Trinajstić information content (AvgIpc) is 3.11. The highest BCUT2D eigenvalue weighted by Crippen LogP contribution is 2.24. The van der Waals surface area contributed by atoms with E-state index < -0.39 is 17.9 Å². The number of carbonyl (C=O) groups is 2. The number of amides is 2. The van der Waals surface area contributed by atoms with E-state index in [1.165, 1.54) is 4.68 Å². The Hall–Kier alpha value is -3.55. The molecule has 2 amide bonds. The highest BCUT2D eigenvalue weighted by atomic mass is 35.5. The van der Waals surface area contributed by atoms with E-state index in [-0.39, 0.29) is 10.7 Å². The number of aryl methyl sites for hydroxylation is 1. The van der Waals surface area contributed by atoms with Crippen LogP contribution in [0, 0.1) is 6.92 Å². The summed E-state index contributed by atoms with van der Waals surface area (Å²) >= 11 is 12.6. The van der Waals surface area contributed by atoms with E-state index in [2.05, 4.69) is 16.0 Å². The number of carbonyl (C=O) groups excluding carboxylic acids is 2. The Balaban J connectivity index is 1.38. The maximum Gasteiger partial charge on any atom is 0.279 e. The molecule has 0 aliphatic heterocycles. The van der Waals surface area contributed by atoms with Gasteiger partial charge in [0.2, 0.25) is 0 Å². The van der Waals surface area contributed by atoms with Crippen LogP contribution < -0.4 is 15.6 Å². The lowest BCUT2D eigenvalue weighted by molar-refractivity contribution is -0.128. The van der Waals surface area contributed by atoms with Crippen molar-refractivity contribution in [1.29, 1.82) is 0 Å². The number of halogens is 2. The maximum atomic E-state index is 12.7. The van der Waals surface area contributed by atoms with Gasteiger partial charge in [-0.25, -0.2) is 4.68 Å². The van der Waals surface area contributed by atoms with Crippen LogP contribution in [0.1, 0.15) is 28.5 Å². The molecule has 1 atom stereocenters. The first kappa shape index (κ1) is 23.6. The number of ether oxygens (including phenoxy) is 1. The molecule has 0 aliphatic rings. The zero-order valence-electron chi connectivity index (χ0n) is 18.5. The molecule has 1 heterocycles. The van der Waals surface area contributed by atoms with Crippen molar-refractivity contribution in [2.45, 2.75) is 26.5 Å². The lowest BCUT2D eigenvalue weighted by Crippen LogP contribution is -2.47. The maximum absolute atomic E-state index is 12.7. The van der Waals surface area contributed by atoms with Gasteiger partial charge in [0, 0.05) is 5.02 Å². The van der Waals surface area contributed by atoms with Crippen LogP contribution in [0.3, 0.4) is 0 Å².